The Morgan fingerprint density at radius 2 is 1.89 bits per heavy atom. The fourth-order valence-corrected chi connectivity index (χ4v) is 2.60. The summed E-state index contributed by atoms with van der Waals surface area (Å²) in [6, 6.07) is 14.4. The average molecular weight is 275 g/mol. The molecule has 0 saturated carbocycles. The van der Waals surface area contributed by atoms with Crippen molar-refractivity contribution in [2.75, 3.05) is 0 Å². The molecule has 0 aliphatic heterocycles. The van der Waals surface area contributed by atoms with Crippen molar-refractivity contribution in [3.8, 4) is 0 Å². The highest BCUT2D eigenvalue weighted by molar-refractivity contribution is 6.31. The molecule has 3 heteroatoms. The van der Waals surface area contributed by atoms with Crippen LogP contribution in [-0.4, -0.2) is 0 Å². The lowest BCUT2D eigenvalue weighted by Crippen LogP contribution is -2.30. The molecule has 2 aromatic rings. The number of nitrogens with two attached hydrogens (primary N) is 1. The zero-order chi connectivity index (χ0) is 13.8. The molecule has 0 saturated heterocycles. The third kappa shape index (κ3) is 3.35. The first-order valence-electron chi connectivity index (χ1n) is 6.38. The molecule has 0 spiro atoms. The molecule has 0 fully saturated rings. The molecule has 0 amide bonds. The zero-order valence-electron chi connectivity index (χ0n) is 11.3. The van der Waals surface area contributed by atoms with E-state index in [2.05, 4.69) is 30.5 Å². The molecule has 0 aliphatic carbocycles. The van der Waals surface area contributed by atoms with Crippen LogP contribution in [0.1, 0.15) is 28.3 Å². The summed E-state index contributed by atoms with van der Waals surface area (Å²) in [5.41, 5.74) is 7.61. The first-order valence-corrected chi connectivity index (χ1v) is 6.76. The van der Waals surface area contributed by atoms with Crippen molar-refractivity contribution < 1.29 is 0 Å². The van der Waals surface area contributed by atoms with Crippen molar-refractivity contribution in [2.24, 2.45) is 5.84 Å². The molecule has 19 heavy (non-hydrogen) atoms. The smallest absolute Gasteiger partial charge is 0.0515 e. The molecule has 3 N–H and O–H groups in total. The highest BCUT2D eigenvalue weighted by Crippen LogP contribution is 2.27. The maximum Gasteiger partial charge on any atom is 0.0515 e. The lowest BCUT2D eigenvalue weighted by Gasteiger charge is -2.19. The maximum absolute atomic E-state index is 6.31. The van der Waals surface area contributed by atoms with Gasteiger partial charge in [-0.3, -0.25) is 11.3 Å². The van der Waals surface area contributed by atoms with E-state index in [9.17, 15) is 0 Å². The van der Waals surface area contributed by atoms with Crippen LogP contribution in [0.5, 0.6) is 0 Å². The largest absolute Gasteiger partial charge is 0.271 e. The molecule has 0 aromatic heterocycles. The monoisotopic (exact) mass is 274 g/mol. The Bertz CT molecular complexity index is 566. The van der Waals surface area contributed by atoms with E-state index in [-0.39, 0.29) is 6.04 Å². The number of hydrazine groups is 1. The third-order valence-corrected chi connectivity index (χ3v) is 3.75. The van der Waals surface area contributed by atoms with E-state index in [1.165, 1.54) is 11.1 Å². The summed E-state index contributed by atoms with van der Waals surface area (Å²) < 4.78 is 0. The first-order chi connectivity index (χ1) is 9.11. The lowest BCUT2D eigenvalue weighted by atomic mass is 9.96. The number of hydrogen-bond donors (Lipinski definition) is 2. The second-order valence-electron chi connectivity index (χ2n) is 4.87. The van der Waals surface area contributed by atoms with Gasteiger partial charge in [0.2, 0.25) is 0 Å². The minimum Gasteiger partial charge on any atom is -0.271 e. The van der Waals surface area contributed by atoms with Crippen LogP contribution in [0.4, 0.5) is 0 Å². The van der Waals surface area contributed by atoms with Crippen LogP contribution in [0.3, 0.4) is 0 Å². The van der Waals surface area contributed by atoms with Gasteiger partial charge in [0.15, 0.2) is 0 Å². The summed E-state index contributed by atoms with van der Waals surface area (Å²) in [5, 5.41) is 0.761. The van der Waals surface area contributed by atoms with Gasteiger partial charge in [0.05, 0.1) is 6.04 Å². The molecule has 0 heterocycles. The number of benzene rings is 2. The first kappa shape index (κ1) is 14.1. The van der Waals surface area contributed by atoms with Gasteiger partial charge in [-0.05, 0) is 48.6 Å². The fraction of sp³-hybridized carbons (Fsp3) is 0.250. The van der Waals surface area contributed by atoms with Gasteiger partial charge in [-0.2, -0.15) is 0 Å². The highest BCUT2D eigenvalue weighted by atomic mass is 35.5. The quantitative estimate of drug-likeness (QED) is 0.659. The maximum atomic E-state index is 6.31. The van der Waals surface area contributed by atoms with Crippen molar-refractivity contribution in [3.63, 3.8) is 0 Å². The predicted molar refractivity (Wildman–Crippen MR) is 81.1 cm³/mol. The Morgan fingerprint density at radius 1 is 1.16 bits per heavy atom. The predicted octanol–water partition coefficient (Wildman–Crippen LogP) is 3.70. The molecule has 2 rings (SSSR count). The summed E-state index contributed by atoms with van der Waals surface area (Å²) in [4.78, 5) is 0. The minimum absolute atomic E-state index is 0.0224. The number of hydrogen-bond acceptors (Lipinski definition) is 2. The second kappa shape index (κ2) is 6.20. The Morgan fingerprint density at radius 3 is 2.53 bits per heavy atom. The number of nitrogens with one attached hydrogen (secondary N) is 1. The summed E-state index contributed by atoms with van der Waals surface area (Å²) in [5.74, 6) is 5.70. The number of halogens is 1. The second-order valence-corrected chi connectivity index (χ2v) is 5.28. The van der Waals surface area contributed by atoms with Crippen LogP contribution in [0, 0.1) is 13.8 Å². The van der Waals surface area contributed by atoms with E-state index >= 15 is 0 Å². The Hall–Kier alpha value is -1.35. The summed E-state index contributed by atoms with van der Waals surface area (Å²) in [6.45, 7) is 4.14. The number of rotatable bonds is 4. The van der Waals surface area contributed by atoms with Crippen LogP contribution in [0.15, 0.2) is 42.5 Å². The van der Waals surface area contributed by atoms with Crippen molar-refractivity contribution in [1.82, 2.24) is 5.43 Å². The molecule has 1 unspecified atom stereocenters. The van der Waals surface area contributed by atoms with Crippen molar-refractivity contribution >= 4 is 11.6 Å². The topological polar surface area (TPSA) is 38.0 Å². The average Bonchev–Trinajstić information content (AvgIpc) is 2.39. The Kier molecular flexibility index (Phi) is 4.59. The van der Waals surface area contributed by atoms with E-state index in [1.807, 2.05) is 31.2 Å². The van der Waals surface area contributed by atoms with Gasteiger partial charge in [-0.25, -0.2) is 0 Å². The SMILES string of the molecule is Cc1ccc(C(Cc2ccccc2C)NN)c(Cl)c1. The van der Waals surface area contributed by atoms with Crippen LogP contribution in [-0.2, 0) is 6.42 Å². The van der Waals surface area contributed by atoms with Crippen LogP contribution in [0.25, 0.3) is 0 Å². The van der Waals surface area contributed by atoms with Crippen molar-refractivity contribution in [3.05, 3.63) is 69.7 Å². The molecular formula is C16H19ClN2. The van der Waals surface area contributed by atoms with Gasteiger partial charge < -0.3 is 0 Å². The molecule has 0 bridgehead atoms. The normalized spacial score (nSPS) is 12.4. The van der Waals surface area contributed by atoms with E-state index in [0.29, 0.717) is 0 Å². The van der Waals surface area contributed by atoms with E-state index in [4.69, 9.17) is 17.4 Å². The fourth-order valence-electron chi connectivity index (χ4n) is 2.23. The standard InChI is InChI=1S/C16H19ClN2/c1-11-7-8-14(15(17)9-11)16(19-18)10-13-6-4-3-5-12(13)2/h3-9,16,19H,10,18H2,1-2H3. The summed E-state index contributed by atoms with van der Waals surface area (Å²) >= 11 is 6.31. The lowest BCUT2D eigenvalue weighted by molar-refractivity contribution is 0.551. The van der Waals surface area contributed by atoms with Gasteiger partial charge in [0.25, 0.3) is 0 Å². The van der Waals surface area contributed by atoms with Gasteiger partial charge >= 0.3 is 0 Å². The molecule has 0 aliphatic rings. The van der Waals surface area contributed by atoms with E-state index < -0.39 is 0 Å². The van der Waals surface area contributed by atoms with Crippen LogP contribution < -0.4 is 11.3 Å². The summed E-state index contributed by atoms with van der Waals surface area (Å²) in [6.07, 6.45) is 0.825. The van der Waals surface area contributed by atoms with Crippen molar-refractivity contribution in [1.29, 1.82) is 0 Å². The molecular weight excluding hydrogens is 256 g/mol. The van der Waals surface area contributed by atoms with Crippen LogP contribution in [0.2, 0.25) is 5.02 Å². The summed E-state index contributed by atoms with van der Waals surface area (Å²) in [7, 11) is 0. The van der Waals surface area contributed by atoms with E-state index in [1.54, 1.807) is 0 Å². The van der Waals surface area contributed by atoms with Gasteiger partial charge in [0.1, 0.15) is 0 Å². The van der Waals surface area contributed by atoms with Gasteiger partial charge in [-0.1, -0.05) is 48.0 Å². The van der Waals surface area contributed by atoms with Crippen molar-refractivity contribution in [2.45, 2.75) is 26.3 Å². The Balaban J connectivity index is 2.28. The van der Waals surface area contributed by atoms with Gasteiger partial charge in [0, 0.05) is 5.02 Å². The molecule has 2 nitrogen and oxygen atoms in total. The number of aryl methyl sites for hydroxylation is 2. The molecule has 2 aromatic carbocycles. The minimum atomic E-state index is 0.0224. The van der Waals surface area contributed by atoms with Gasteiger partial charge in [-0.15, -0.1) is 0 Å². The third-order valence-electron chi connectivity index (χ3n) is 3.42. The molecule has 100 valence electrons. The zero-order valence-corrected chi connectivity index (χ0v) is 12.0. The van der Waals surface area contributed by atoms with E-state index in [0.717, 1.165) is 22.6 Å². The molecule has 0 radical (unpaired) electrons. The van der Waals surface area contributed by atoms with Crippen LogP contribution >= 0.6 is 11.6 Å². The Labute approximate surface area is 119 Å². The molecule has 1 atom stereocenters. The highest BCUT2D eigenvalue weighted by Gasteiger charge is 2.14.